The number of nitrogens with one attached hydrogen (secondary N) is 1. The van der Waals surface area contributed by atoms with Crippen molar-refractivity contribution in [2.75, 3.05) is 11.9 Å². The fourth-order valence-corrected chi connectivity index (χ4v) is 4.69. The highest BCUT2D eigenvalue weighted by Gasteiger charge is 2.64. The van der Waals surface area contributed by atoms with Crippen LogP contribution < -0.4 is 5.32 Å². The van der Waals surface area contributed by atoms with E-state index in [0.29, 0.717) is 17.1 Å². The third kappa shape index (κ3) is 2.77. The molecule has 3 aliphatic rings. The molecule has 5 atom stereocenters. The Kier molecular flexibility index (Phi) is 4.12. The lowest BCUT2D eigenvalue weighted by Gasteiger charge is -2.22. The monoisotopic (exact) mass is 383 g/mol. The molecule has 6 nitrogen and oxygen atoms in total. The van der Waals surface area contributed by atoms with Crippen LogP contribution in [0.3, 0.4) is 0 Å². The second-order valence-corrected chi connectivity index (χ2v) is 7.46. The third-order valence-electron chi connectivity index (χ3n) is 5.33. The number of halogens is 2. The first kappa shape index (κ1) is 16.7. The molecule has 1 aliphatic heterocycles. The molecule has 1 amide bonds. The molecule has 1 heterocycles. The van der Waals surface area contributed by atoms with Gasteiger partial charge in [0.1, 0.15) is 6.10 Å². The summed E-state index contributed by atoms with van der Waals surface area (Å²) in [5.74, 6) is -2.04. The molecule has 0 aromatic heterocycles. The Hall–Kier alpha value is -1.79. The van der Waals surface area contributed by atoms with Gasteiger partial charge in [-0.1, -0.05) is 29.3 Å². The summed E-state index contributed by atoms with van der Waals surface area (Å²) in [5.41, 5.74) is 0.345. The van der Waals surface area contributed by atoms with Gasteiger partial charge in [0.05, 0.1) is 27.6 Å². The van der Waals surface area contributed by atoms with Gasteiger partial charge < -0.3 is 14.8 Å². The summed E-state index contributed by atoms with van der Waals surface area (Å²) in [6.07, 6.45) is 1.47. The number of amides is 1. The summed E-state index contributed by atoms with van der Waals surface area (Å²) < 4.78 is 10.4. The summed E-state index contributed by atoms with van der Waals surface area (Å²) in [7, 11) is 0. The summed E-state index contributed by atoms with van der Waals surface area (Å²) in [4.78, 5) is 36.3. The summed E-state index contributed by atoms with van der Waals surface area (Å²) >= 11 is 11.9. The molecule has 0 spiro atoms. The molecule has 1 aromatic carbocycles. The van der Waals surface area contributed by atoms with Crippen molar-refractivity contribution in [3.05, 3.63) is 28.2 Å². The molecule has 2 bridgehead atoms. The molecular weight excluding hydrogens is 369 g/mol. The zero-order valence-electron chi connectivity index (χ0n) is 13.0. The van der Waals surface area contributed by atoms with Crippen molar-refractivity contribution in [2.24, 2.45) is 23.7 Å². The van der Waals surface area contributed by atoms with Gasteiger partial charge in [-0.05, 0) is 30.9 Å². The Morgan fingerprint density at radius 3 is 2.88 bits per heavy atom. The van der Waals surface area contributed by atoms with Gasteiger partial charge in [0, 0.05) is 5.92 Å². The molecule has 0 radical (unpaired) electrons. The Balaban J connectivity index is 1.35. The maximum Gasteiger partial charge on any atom is 0.310 e. The van der Waals surface area contributed by atoms with E-state index < -0.39 is 30.3 Å². The van der Waals surface area contributed by atoms with Gasteiger partial charge in [-0.3, -0.25) is 14.4 Å². The van der Waals surface area contributed by atoms with E-state index in [1.807, 2.05) is 0 Å². The number of esters is 2. The molecule has 2 saturated carbocycles. The van der Waals surface area contributed by atoms with E-state index in [0.717, 1.165) is 6.42 Å². The highest BCUT2D eigenvalue weighted by Crippen LogP contribution is 2.57. The number of anilines is 1. The number of benzene rings is 1. The topological polar surface area (TPSA) is 81.7 Å². The van der Waals surface area contributed by atoms with Gasteiger partial charge in [-0.15, -0.1) is 0 Å². The van der Waals surface area contributed by atoms with Crippen molar-refractivity contribution in [3.8, 4) is 0 Å². The van der Waals surface area contributed by atoms with E-state index in [1.54, 1.807) is 18.2 Å². The molecule has 25 heavy (non-hydrogen) atoms. The van der Waals surface area contributed by atoms with Crippen LogP contribution in [0.5, 0.6) is 0 Å². The first-order valence-corrected chi connectivity index (χ1v) is 8.82. The van der Waals surface area contributed by atoms with E-state index in [-0.39, 0.29) is 28.9 Å². The van der Waals surface area contributed by atoms with Crippen LogP contribution in [-0.2, 0) is 23.9 Å². The Bertz CT molecular complexity index is 765. The average molecular weight is 384 g/mol. The first-order valence-electron chi connectivity index (χ1n) is 8.06. The number of fused-ring (bicyclic) bond motifs is 1. The van der Waals surface area contributed by atoms with Crippen LogP contribution in [0.15, 0.2) is 18.2 Å². The number of hydrogen-bond acceptors (Lipinski definition) is 5. The largest absolute Gasteiger partial charge is 0.462 e. The molecule has 3 fully saturated rings. The van der Waals surface area contributed by atoms with Gasteiger partial charge >= 0.3 is 11.9 Å². The standard InChI is InChI=1S/C17H15Cl2NO5/c18-9-2-1-3-10(15(9)19)20-12(21)6-24-16(22)13-7-4-8-11(5-7)25-17(23)14(8)13/h1-3,7-8,11,13-14H,4-6H2,(H,20,21)/t7-,8+,11-,13+,14+/m1/s1. The molecular formula is C17H15Cl2NO5. The molecule has 1 N–H and O–H groups in total. The Labute approximate surface area is 153 Å². The summed E-state index contributed by atoms with van der Waals surface area (Å²) in [6, 6.07) is 4.84. The average Bonchev–Trinajstić information content (AvgIpc) is 3.19. The SMILES string of the molecule is O=C(COC(=O)[C@H]1[C@@H]2C[C@@H]3[C@@H]1C(=O)O[C@@H]3C2)Nc1cccc(Cl)c1Cl. The molecule has 0 unspecified atom stereocenters. The molecule has 132 valence electrons. The fourth-order valence-electron chi connectivity index (χ4n) is 4.34. The van der Waals surface area contributed by atoms with Crippen molar-refractivity contribution in [1.82, 2.24) is 0 Å². The van der Waals surface area contributed by atoms with E-state index >= 15 is 0 Å². The molecule has 1 saturated heterocycles. The van der Waals surface area contributed by atoms with Crippen LogP contribution in [0.25, 0.3) is 0 Å². The quantitative estimate of drug-likeness (QED) is 0.808. The molecule has 2 aliphatic carbocycles. The first-order chi connectivity index (χ1) is 12.0. The van der Waals surface area contributed by atoms with Gasteiger partial charge in [0.2, 0.25) is 0 Å². The lowest BCUT2D eigenvalue weighted by molar-refractivity contribution is -0.157. The normalized spacial score (nSPS) is 31.8. The number of carbonyl (C=O) groups is 3. The molecule has 1 aromatic rings. The highest BCUT2D eigenvalue weighted by molar-refractivity contribution is 6.44. The van der Waals surface area contributed by atoms with E-state index in [1.165, 1.54) is 0 Å². The van der Waals surface area contributed by atoms with Crippen LogP contribution in [0.2, 0.25) is 10.0 Å². The maximum atomic E-state index is 12.4. The van der Waals surface area contributed by atoms with Gasteiger partial charge in [-0.2, -0.15) is 0 Å². The Morgan fingerprint density at radius 2 is 2.08 bits per heavy atom. The molecule has 8 heteroatoms. The van der Waals surface area contributed by atoms with Crippen molar-refractivity contribution < 1.29 is 23.9 Å². The van der Waals surface area contributed by atoms with Crippen molar-refractivity contribution in [1.29, 1.82) is 0 Å². The zero-order chi connectivity index (χ0) is 17.7. The van der Waals surface area contributed by atoms with Crippen molar-refractivity contribution in [3.63, 3.8) is 0 Å². The van der Waals surface area contributed by atoms with Crippen LogP contribution in [0.4, 0.5) is 5.69 Å². The molecule has 4 rings (SSSR count). The van der Waals surface area contributed by atoms with Crippen LogP contribution in [0, 0.1) is 23.7 Å². The predicted octanol–water partition coefficient (Wildman–Crippen LogP) is 2.67. The van der Waals surface area contributed by atoms with Gasteiger partial charge in [0.25, 0.3) is 5.91 Å². The predicted molar refractivity (Wildman–Crippen MR) is 89.1 cm³/mol. The summed E-state index contributed by atoms with van der Waals surface area (Å²) in [6.45, 7) is -0.444. The highest BCUT2D eigenvalue weighted by atomic mass is 35.5. The maximum absolute atomic E-state index is 12.4. The minimum atomic E-state index is -0.521. The minimum Gasteiger partial charge on any atom is -0.462 e. The van der Waals surface area contributed by atoms with Crippen LogP contribution in [-0.4, -0.2) is 30.6 Å². The lowest BCUT2D eigenvalue weighted by atomic mass is 9.80. The number of carbonyl (C=O) groups excluding carboxylic acids is 3. The van der Waals surface area contributed by atoms with Crippen molar-refractivity contribution >= 4 is 46.7 Å². The van der Waals surface area contributed by atoms with Crippen LogP contribution in [0.1, 0.15) is 12.8 Å². The van der Waals surface area contributed by atoms with E-state index in [4.69, 9.17) is 32.7 Å². The third-order valence-corrected chi connectivity index (χ3v) is 6.15. The van der Waals surface area contributed by atoms with E-state index in [2.05, 4.69) is 5.32 Å². The minimum absolute atomic E-state index is 0.0418. The van der Waals surface area contributed by atoms with Gasteiger partial charge in [-0.25, -0.2) is 0 Å². The number of rotatable bonds is 4. The lowest BCUT2D eigenvalue weighted by Crippen LogP contribution is -2.35. The van der Waals surface area contributed by atoms with E-state index in [9.17, 15) is 14.4 Å². The zero-order valence-corrected chi connectivity index (χ0v) is 14.5. The van der Waals surface area contributed by atoms with Crippen LogP contribution >= 0.6 is 23.2 Å². The number of hydrogen-bond donors (Lipinski definition) is 1. The Morgan fingerprint density at radius 1 is 1.28 bits per heavy atom. The number of ether oxygens (including phenoxy) is 2. The summed E-state index contributed by atoms with van der Waals surface area (Å²) in [5, 5.41) is 3.08. The van der Waals surface area contributed by atoms with Gasteiger partial charge in [0.15, 0.2) is 6.61 Å². The van der Waals surface area contributed by atoms with Crippen molar-refractivity contribution in [2.45, 2.75) is 18.9 Å². The smallest absolute Gasteiger partial charge is 0.310 e. The fraction of sp³-hybridized carbons (Fsp3) is 0.471. The second kappa shape index (κ2) is 6.18. The second-order valence-electron chi connectivity index (χ2n) is 6.68.